The van der Waals surface area contributed by atoms with Crippen LogP contribution in [0.15, 0.2) is 42.5 Å². The fourth-order valence-corrected chi connectivity index (χ4v) is 4.74. The minimum absolute atomic E-state index is 0.0515. The van der Waals surface area contributed by atoms with Crippen molar-refractivity contribution in [2.45, 2.75) is 38.8 Å². The number of benzene rings is 2. The number of imide groups is 1. The highest BCUT2D eigenvalue weighted by atomic mass is 16.2. The summed E-state index contributed by atoms with van der Waals surface area (Å²) < 4.78 is 0. The molecule has 2 N–H and O–H groups in total. The maximum absolute atomic E-state index is 13.4. The molecule has 2 aliphatic rings. The molecule has 0 spiro atoms. The van der Waals surface area contributed by atoms with Crippen molar-refractivity contribution < 1.29 is 19.2 Å². The fraction of sp³-hybridized carbons (Fsp3) is 0.462. The van der Waals surface area contributed by atoms with Gasteiger partial charge in [-0.25, -0.2) is 4.79 Å². The van der Waals surface area contributed by atoms with E-state index in [0.29, 0.717) is 31.7 Å². The Kier molecular flexibility index (Phi) is 6.55. The minimum Gasteiger partial charge on any atom is -0.350 e. The van der Waals surface area contributed by atoms with Crippen LogP contribution in [-0.4, -0.2) is 83.3 Å². The monoisotopic (exact) mass is 479 g/mol. The van der Waals surface area contributed by atoms with Crippen LogP contribution in [0.5, 0.6) is 0 Å². The second kappa shape index (κ2) is 9.30. The van der Waals surface area contributed by atoms with Crippen LogP contribution in [0.4, 0.5) is 4.79 Å². The van der Waals surface area contributed by atoms with Crippen molar-refractivity contribution in [2.75, 3.05) is 39.3 Å². The molecule has 0 unspecified atom stereocenters. The number of hydrogen-bond acceptors (Lipinski definition) is 5. The van der Waals surface area contributed by atoms with Crippen LogP contribution in [0.3, 0.4) is 0 Å². The Hall–Kier alpha value is -3.46. The third-order valence-corrected chi connectivity index (χ3v) is 6.50. The third kappa shape index (κ3) is 5.14. The van der Waals surface area contributed by atoms with Crippen molar-refractivity contribution in [1.82, 2.24) is 25.3 Å². The number of hydrogen-bond donors (Lipinski definition) is 2. The molecular weight excluding hydrogens is 446 g/mol. The molecule has 0 aliphatic carbocycles. The Morgan fingerprint density at radius 3 is 2.31 bits per heavy atom. The summed E-state index contributed by atoms with van der Waals surface area (Å²) in [6.07, 6.45) is 0. The predicted octanol–water partition coefficient (Wildman–Crippen LogP) is 1.67. The first-order valence-electron chi connectivity index (χ1n) is 11.9. The highest BCUT2D eigenvalue weighted by Gasteiger charge is 2.50. The van der Waals surface area contributed by atoms with Gasteiger partial charge >= 0.3 is 6.03 Å². The van der Waals surface area contributed by atoms with Crippen molar-refractivity contribution in [3.8, 4) is 0 Å². The molecule has 0 saturated carbocycles. The van der Waals surface area contributed by atoms with Gasteiger partial charge in [-0.3, -0.25) is 24.2 Å². The van der Waals surface area contributed by atoms with E-state index in [0.717, 1.165) is 15.7 Å². The largest absolute Gasteiger partial charge is 0.350 e. The van der Waals surface area contributed by atoms with E-state index in [1.54, 1.807) is 11.8 Å². The van der Waals surface area contributed by atoms with E-state index in [1.807, 2.05) is 68.1 Å². The third-order valence-electron chi connectivity index (χ3n) is 6.50. The molecule has 0 aromatic heterocycles. The van der Waals surface area contributed by atoms with Crippen molar-refractivity contribution >= 4 is 34.5 Å². The molecule has 5 amide bonds. The van der Waals surface area contributed by atoms with Crippen LogP contribution < -0.4 is 10.6 Å². The molecule has 2 fully saturated rings. The molecule has 2 saturated heterocycles. The maximum atomic E-state index is 13.4. The van der Waals surface area contributed by atoms with Gasteiger partial charge in [0.15, 0.2) is 0 Å². The summed E-state index contributed by atoms with van der Waals surface area (Å²) in [7, 11) is 0. The van der Waals surface area contributed by atoms with Gasteiger partial charge < -0.3 is 15.5 Å². The van der Waals surface area contributed by atoms with Gasteiger partial charge in [0.1, 0.15) is 12.1 Å². The highest BCUT2D eigenvalue weighted by molar-refractivity contribution is 6.10. The van der Waals surface area contributed by atoms with Crippen molar-refractivity contribution in [3.63, 3.8) is 0 Å². The van der Waals surface area contributed by atoms with Gasteiger partial charge in [-0.15, -0.1) is 0 Å². The predicted molar refractivity (Wildman–Crippen MR) is 132 cm³/mol. The first kappa shape index (κ1) is 24.7. The number of amides is 5. The molecule has 2 aliphatic heterocycles. The number of carbonyl (C=O) groups is 4. The summed E-state index contributed by atoms with van der Waals surface area (Å²) in [4.78, 5) is 56.0. The quantitative estimate of drug-likeness (QED) is 0.636. The summed E-state index contributed by atoms with van der Waals surface area (Å²) >= 11 is 0. The number of carbonyl (C=O) groups excluding carboxylic acids is 4. The van der Waals surface area contributed by atoms with Crippen LogP contribution in [0.1, 0.15) is 33.3 Å². The molecule has 2 heterocycles. The highest BCUT2D eigenvalue weighted by Crippen LogP contribution is 2.33. The first-order valence-corrected chi connectivity index (χ1v) is 11.9. The summed E-state index contributed by atoms with van der Waals surface area (Å²) in [5.74, 6) is -0.775. The van der Waals surface area contributed by atoms with Gasteiger partial charge in [-0.2, -0.15) is 0 Å². The van der Waals surface area contributed by atoms with Crippen LogP contribution in [0, 0.1) is 0 Å². The molecule has 35 heavy (non-hydrogen) atoms. The van der Waals surface area contributed by atoms with Gasteiger partial charge in [0.25, 0.3) is 5.91 Å². The zero-order valence-electron chi connectivity index (χ0n) is 20.8. The van der Waals surface area contributed by atoms with Crippen LogP contribution in [-0.2, 0) is 19.9 Å². The maximum Gasteiger partial charge on any atom is 0.325 e. The first-order chi connectivity index (χ1) is 16.5. The fourth-order valence-electron chi connectivity index (χ4n) is 4.74. The second-order valence-electron chi connectivity index (χ2n) is 10.4. The zero-order valence-corrected chi connectivity index (χ0v) is 20.8. The van der Waals surface area contributed by atoms with Gasteiger partial charge in [0.05, 0.1) is 6.54 Å². The topological polar surface area (TPSA) is 102 Å². The average Bonchev–Trinajstić information content (AvgIpc) is 3.01. The molecule has 1 atom stereocenters. The normalized spacial score (nSPS) is 21.4. The lowest BCUT2D eigenvalue weighted by atomic mass is 9.88. The number of nitrogens with zero attached hydrogens (tertiary/aromatic N) is 3. The number of fused-ring (bicyclic) bond motifs is 1. The van der Waals surface area contributed by atoms with E-state index in [-0.39, 0.29) is 30.4 Å². The van der Waals surface area contributed by atoms with Crippen LogP contribution in [0.25, 0.3) is 10.8 Å². The van der Waals surface area contributed by atoms with Crippen molar-refractivity contribution in [3.05, 3.63) is 48.0 Å². The van der Waals surface area contributed by atoms with Gasteiger partial charge in [-0.05, 0) is 44.0 Å². The zero-order chi connectivity index (χ0) is 25.4. The standard InChI is InChI=1S/C26H33N5O4/c1-25(2,3)27-21(32)16-29-12-14-30(15-13-29)22(33)17-31-23(34)26(4,28-24(31)35)20-11-7-9-18-8-5-6-10-19(18)20/h5-11H,12-17H2,1-4H3,(H,27,32)(H,28,35)/t26-/m1/s1. The van der Waals surface area contributed by atoms with Crippen LogP contribution >= 0.6 is 0 Å². The number of piperazine rings is 1. The summed E-state index contributed by atoms with van der Waals surface area (Å²) in [6, 6.07) is 12.8. The molecule has 2 aromatic carbocycles. The van der Waals surface area contributed by atoms with Crippen LogP contribution in [0.2, 0.25) is 0 Å². The lowest BCUT2D eigenvalue weighted by Crippen LogP contribution is -2.54. The molecule has 9 nitrogen and oxygen atoms in total. The summed E-state index contributed by atoms with van der Waals surface area (Å²) in [6.45, 7) is 9.42. The Morgan fingerprint density at radius 1 is 0.971 bits per heavy atom. The lowest BCUT2D eigenvalue weighted by Gasteiger charge is -2.35. The van der Waals surface area contributed by atoms with E-state index in [1.165, 1.54) is 0 Å². The number of urea groups is 1. The molecule has 0 bridgehead atoms. The Balaban J connectivity index is 1.39. The second-order valence-corrected chi connectivity index (χ2v) is 10.4. The van der Waals surface area contributed by atoms with E-state index in [4.69, 9.17) is 0 Å². The van der Waals surface area contributed by atoms with E-state index in [2.05, 4.69) is 10.6 Å². The van der Waals surface area contributed by atoms with Gasteiger partial charge in [0.2, 0.25) is 11.8 Å². The Labute approximate surface area is 205 Å². The SMILES string of the molecule is CC(C)(C)NC(=O)CN1CCN(C(=O)CN2C(=O)N[C@](C)(c3cccc4ccccc34)C2=O)CC1. The number of nitrogens with one attached hydrogen (secondary N) is 2. The minimum atomic E-state index is -1.25. The Bertz CT molecular complexity index is 1160. The van der Waals surface area contributed by atoms with Gasteiger partial charge in [0, 0.05) is 31.7 Å². The van der Waals surface area contributed by atoms with Crippen molar-refractivity contribution in [2.24, 2.45) is 0 Å². The van der Waals surface area contributed by atoms with Gasteiger partial charge in [-0.1, -0.05) is 42.5 Å². The van der Waals surface area contributed by atoms with E-state index in [9.17, 15) is 19.2 Å². The molecule has 186 valence electrons. The lowest BCUT2D eigenvalue weighted by molar-refractivity contribution is -0.140. The molecule has 9 heteroatoms. The molecule has 4 rings (SSSR count). The number of rotatable bonds is 5. The average molecular weight is 480 g/mol. The molecular formula is C26H33N5O4. The molecule has 0 radical (unpaired) electrons. The Morgan fingerprint density at radius 2 is 1.63 bits per heavy atom. The van der Waals surface area contributed by atoms with Crippen molar-refractivity contribution in [1.29, 1.82) is 0 Å². The van der Waals surface area contributed by atoms with E-state index >= 15 is 0 Å². The van der Waals surface area contributed by atoms with E-state index < -0.39 is 17.5 Å². The smallest absolute Gasteiger partial charge is 0.325 e. The molecule has 2 aromatic rings. The summed E-state index contributed by atoms with van der Waals surface area (Å²) in [5, 5.41) is 7.60. The summed E-state index contributed by atoms with van der Waals surface area (Å²) in [5.41, 5.74) is -0.846.